The van der Waals surface area contributed by atoms with E-state index in [0.29, 0.717) is 11.7 Å². The van der Waals surface area contributed by atoms with Gasteiger partial charge in [-0.3, -0.25) is 4.79 Å². The predicted molar refractivity (Wildman–Crippen MR) is 36.1 cm³/mol. The average Bonchev–Trinajstić information content (AvgIpc) is 1.98. The molecular weight excluding hydrogens is 120 g/mol. The first-order valence-corrected chi connectivity index (χ1v) is 3.92. The number of hydrogen-bond acceptors (Lipinski definition) is 2. The van der Waals surface area contributed by atoms with Gasteiger partial charge in [0.05, 0.1) is 5.25 Å². The second-order valence-electron chi connectivity index (χ2n) is 2.28. The van der Waals surface area contributed by atoms with Crippen LogP contribution in [-0.4, -0.2) is 16.8 Å². The van der Waals surface area contributed by atoms with Crippen LogP contribution in [0, 0.1) is 5.92 Å². The largest absolute Gasteiger partial charge is 0.298 e. The minimum absolute atomic E-state index is 0.269. The van der Waals surface area contributed by atoms with E-state index >= 15 is 0 Å². The summed E-state index contributed by atoms with van der Waals surface area (Å²) in [6.07, 6.45) is 0. The number of rotatable bonds is 0. The van der Waals surface area contributed by atoms with Crippen molar-refractivity contribution in [1.82, 2.24) is 0 Å². The van der Waals surface area contributed by atoms with Crippen LogP contribution in [0.25, 0.3) is 0 Å². The van der Waals surface area contributed by atoms with E-state index < -0.39 is 0 Å². The molecule has 0 aromatic heterocycles. The minimum atomic E-state index is 0.269. The number of Topliss-reactive ketones (excluding diaryl/α,β-unsaturated/α-hetero) is 1. The van der Waals surface area contributed by atoms with Crippen molar-refractivity contribution in [1.29, 1.82) is 0 Å². The van der Waals surface area contributed by atoms with Gasteiger partial charge in [0, 0.05) is 11.7 Å². The van der Waals surface area contributed by atoms with Crippen molar-refractivity contribution >= 4 is 17.5 Å². The molecule has 1 nitrogen and oxygen atoms in total. The van der Waals surface area contributed by atoms with Crippen molar-refractivity contribution < 1.29 is 4.79 Å². The van der Waals surface area contributed by atoms with Gasteiger partial charge in [-0.15, -0.1) is 0 Å². The molecule has 0 spiro atoms. The summed E-state index contributed by atoms with van der Waals surface area (Å²) in [5.41, 5.74) is 0. The normalized spacial score (nSPS) is 38.5. The quantitative estimate of drug-likeness (QED) is 0.492. The number of hydrogen-bond donors (Lipinski definition) is 0. The molecule has 1 rings (SSSR count). The lowest BCUT2D eigenvalue weighted by molar-refractivity contribution is -0.120. The lowest BCUT2D eigenvalue weighted by Gasteiger charge is -1.95. The Hall–Kier alpha value is 0.0200. The van der Waals surface area contributed by atoms with Crippen molar-refractivity contribution in [2.24, 2.45) is 5.92 Å². The van der Waals surface area contributed by atoms with Gasteiger partial charge in [0.1, 0.15) is 5.78 Å². The van der Waals surface area contributed by atoms with Crippen molar-refractivity contribution in [3.05, 3.63) is 0 Å². The lowest BCUT2D eigenvalue weighted by Crippen LogP contribution is -2.12. The van der Waals surface area contributed by atoms with Gasteiger partial charge in [-0.05, 0) is 6.92 Å². The molecule has 1 fully saturated rings. The van der Waals surface area contributed by atoms with Crippen LogP contribution in [0.15, 0.2) is 0 Å². The number of carbonyl (C=O) groups is 1. The molecule has 0 N–H and O–H groups in total. The molecule has 0 amide bonds. The molecular formula is C6H10OS. The van der Waals surface area contributed by atoms with E-state index in [1.807, 2.05) is 13.8 Å². The second kappa shape index (κ2) is 2.09. The van der Waals surface area contributed by atoms with E-state index in [-0.39, 0.29) is 5.25 Å². The summed E-state index contributed by atoms with van der Waals surface area (Å²) in [6, 6.07) is 0. The molecule has 1 aliphatic rings. The molecule has 46 valence electrons. The first-order valence-electron chi connectivity index (χ1n) is 2.87. The third-order valence-electron chi connectivity index (χ3n) is 1.48. The Bertz CT molecular complexity index is 99.1. The molecule has 1 heterocycles. The van der Waals surface area contributed by atoms with Crippen LogP contribution in [0.3, 0.4) is 0 Å². The molecule has 0 saturated carbocycles. The molecule has 1 saturated heterocycles. The van der Waals surface area contributed by atoms with Crippen molar-refractivity contribution in [2.45, 2.75) is 19.1 Å². The van der Waals surface area contributed by atoms with E-state index in [1.54, 1.807) is 11.8 Å². The Labute approximate surface area is 53.8 Å². The molecule has 0 aliphatic carbocycles. The van der Waals surface area contributed by atoms with Gasteiger partial charge in [-0.1, -0.05) is 6.92 Å². The third kappa shape index (κ3) is 0.895. The highest BCUT2D eigenvalue weighted by atomic mass is 32.2. The van der Waals surface area contributed by atoms with E-state index in [1.165, 1.54) is 0 Å². The Morgan fingerprint density at radius 2 is 2.25 bits per heavy atom. The zero-order chi connectivity index (χ0) is 6.15. The van der Waals surface area contributed by atoms with E-state index in [4.69, 9.17) is 0 Å². The molecule has 1 aliphatic heterocycles. The topological polar surface area (TPSA) is 17.1 Å². The Kier molecular flexibility index (Phi) is 1.61. The van der Waals surface area contributed by atoms with E-state index in [9.17, 15) is 4.79 Å². The summed E-state index contributed by atoms with van der Waals surface area (Å²) < 4.78 is 0. The maximum absolute atomic E-state index is 10.9. The molecule has 2 atom stereocenters. The fourth-order valence-corrected chi connectivity index (χ4v) is 1.99. The van der Waals surface area contributed by atoms with Crippen LogP contribution in [0.4, 0.5) is 0 Å². The molecule has 0 aromatic rings. The fraction of sp³-hybridized carbons (Fsp3) is 0.833. The summed E-state index contributed by atoms with van der Waals surface area (Å²) in [7, 11) is 0. The van der Waals surface area contributed by atoms with Crippen LogP contribution in [0.5, 0.6) is 0 Å². The van der Waals surface area contributed by atoms with Gasteiger partial charge in [0.15, 0.2) is 0 Å². The summed E-state index contributed by atoms with van der Waals surface area (Å²) in [6.45, 7) is 3.98. The van der Waals surface area contributed by atoms with Gasteiger partial charge in [0.25, 0.3) is 0 Å². The average molecular weight is 130 g/mol. The van der Waals surface area contributed by atoms with Gasteiger partial charge in [0.2, 0.25) is 0 Å². The highest BCUT2D eigenvalue weighted by Gasteiger charge is 2.27. The van der Waals surface area contributed by atoms with Gasteiger partial charge in [-0.2, -0.15) is 11.8 Å². The van der Waals surface area contributed by atoms with Crippen molar-refractivity contribution in [3.63, 3.8) is 0 Å². The monoisotopic (exact) mass is 130 g/mol. The summed E-state index contributed by atoms with van der Waals surface area (Å²) >= 11 is 1.76. The smallest absolute Gasteiger partial charge is 0.149 e. The maximum atomic E-state index is 10.9. The standard InChI is InChI=1S/C6H10OS/c1-4-3-8-5(2)6(4)7/h4-5H,3H2,1-2H3. The van der Waals surface area contributed by atoms with Crippen LogP contribution >= 0.6 is 11.8 Å². The molecule has 0 radical (unpaired) electrons. The van der Waals surface area contributed by atoms with Crippen LogP contribution in [-0.2, 0) is 4.79 Å². The molecule has 8 heavy (non-hydrogen) atoms. The van der Waals surface area contributed by atoms with Gasteiger partial charge >= 0.3 is 0 Å². The molecule has 0 aromatic carbocycles. The summed E-state index contributed by atoms with van der Waals surface area (Å²) in [5, 5.41) is 0.269. The first kappa shape index (κ1) is 6.14. The molecule has 2 unspecified atom stereocenters. The fourth-order valence-electron chi connectivity index (χ4n) is 0.854. The van der Waals surface area contributed by atoms with Crippen LogP contribution in [0.2, 0.25) is 0 Å². The molecule has 2 heteroatoms. The summed E-state index contributed by atoms with van der Waals surface area (Å²) in [5.74, 6) is 1.77. The predicted octanol–water partition coefficient (Wildman–Crippen LogP) is 1.33. The Morgan fingerprint density at radius 3 is 2.38 bits per heavy atom. The number of ketones is 1. The number of carbonyl (C=O) groups excluding carboxylic acids is 1. The Balaban J connectivity index is 2.57. The van der Waals surface area contributed by atoms with E-state index in [0.717, 1.165) is 5.75 Å². The van der Waals surface area contributed by atoms with Crippen molar-refractivity contribution in [3.8, 4) is 0 Å². The zero-order valence-electron chi connectivity index (χ0n) is 5.18. The van der Waals surface area contributed by atoms with Crippen molar-refractivity contribution in [2.75, 3.05) is 5.75 Å². The number of thioether (sulfide) groups is 1. The third-order valence-corrected chi connectivity index (χ3v) is 2.91. The zero-order valence-corrected chi connectivity index (χ0v) is 5.99. The maximum Gasteiger partial charge on any atom is 0.149 e. The van der Waals surface area contributed by atoms with Gasteiger partial charge < -0.3 is 0 Å². The highest BCUT2D eigenvalue weighted by molar-refractivity contribution is 8.01. The second-order valence-corrected chi connectivity index (χ2v) is 3.65. The highest BCUT2D eigenvalue weighted by Crippen LogP contribution is 2.26. The minimum Gasteiger partial charge on any atom is -0.298 e. The first-order chi connectivity index (χ1) is 3.72. The van der Waals surface area contributed by atoms with Gasteiger partial charge in [-0.25, -0.2) is 0 Å². The van der Waals surface area contributed by atoms with Crippen LogP contribution < -0.4 is 0 Å². The van der Waals surface area contributed by atoms with E-state index in [2.05, 4.69) is 0 Å². The summed E-state index contributed by atoms with van der Waals surface area (Å²) in [4.78, 5) is 10.9. The van der Waals surface area contributed by atoms with Crippen LogP contribution in [0.1, 0.15) is 13.8 Å². The Morgan fingerprint density at radius 1 is 1.62 bits per heavy atom. The lowest BCUT2D eigenvalue weighted by atomic mass is 10.1. The SMILES string of the molecule is CC1CSC(C)C1=O. The molecule has 0 bridgehead atoms.